The standard InChI is InChI=1S/C28H40N10O10/c1-13-25(45)18(11-39)16(6-31-13)4-19(26(46)33-8-21(29)42)37-23(44)10-32-22(43)9-34-27(47)20(5-17-7-30-12-35-17)38-28(48)24(14(2)40)36-15(3)41/h6-7,12,14,19-20,24,39-40,45H,4-5,8-11H2,1-3H3,(H2,29,42)(H,30,35)(H,32,43)(H,33,46)(H,34,47)(H,36,41)(H,37,44)(H,38,48)/t14-,19+,20+,24+/m1/s1. The number of H-pyrrole nitrogens is 1. The van der Waals surface area contributed by atoms with Gasteiger partial charge in [0, 0.05) is 43.4 Å². The molecule has 0 bridgehead atoms. The predicted octanol–water partition coefficient (Wildman–Crippen LogP) is -5.21. The molecule has 0 saturated heterocycles. The zero-order valence-corrected chi connectivity index (χ0v) is 26.5. The number of aliphatic hydroxyl groups is 2. The van der Waals surface area contributed by atoms with Gasteiger partial charge in [-0.15, -0.1) is 0 Å². The molecule has 2 aromatic heterocycles. The summed E-state index contributed by atoms with van der Waals surface area (Å²) >= 11 is 0. The van der Waals surface area contributed by atoms with Crippen LogP contribution in [0.15, 0.2) is 18.7 Å². The number of nitrogens with one attached hydrogen (secondary N) is 7. The summed E-state index contributed by atoms with van der Waals surface area (Å²) in [5.74, 6) is -5.92. The predicted molar refractivity (Wildman–Crippen MR) is 164 cm³/mol. The minimum absolute atomic E-state index is 0.0760. The van der Waals surface area contributed by atoms with Crippen molar-refractivity contribution in [2.24, 2.45) is 5.73 Å². The molecule has 12 N–H and O–H groups in total. The van der Waals surface area contributed by atoms with Crippen molar-refractivity contribution in [2.75, 3.05) is 19.6 Å². The second kappa shape index (κ2) is 18.5. The molecule has 0 fully saturated rings. The van der Waals surface area contributed by atoms with Crippen LogP contribution in [0.25, 0.3) is 0 Å². The maximum atomic E-state index is 13.0. The Bertz CT molecular complexity index is 1480. The molecule has 0 aliphatic carbocycles. The lowest BCUT2D eigenvalue weighted by Crippen LogP contribution is -2.57. The highest BCUT2D eigenvalue weighted by molar-refractivity contribution is 5.95. The maximum absolute atomic E-state index is 13.0. The number of nitrogens with zero attached hydrogens (tertiary/aromatic N) is 2. The number of aromatic hydroxyl groups is 1. The summed E-state index contributed by atoms with van der Waals surface area (Å²) in [5, 5.41) is 43.9. The van der Waals surface area contributed by atoms with Gasteiger partial charge >= 0.3 is 0 Å². The minimum Gasteiger partial charge on any atom is -0.506 e. The van der Waals surface area contributed by atoms with Gasteiger partial charge in [-0.1, -0.05) is 0 Å². The van der Waals surface area contributed by atoms with E-state index in [0.29, 0.717) is 5.69 Å². The Balaban J connectivity index is 2.04. The third kappa shape index (κ3) is 12.3. The lowest BCUT2D eigenvalue weighted by atomic mass is 10.0. The van der Waals surface area contributed by atoms with Crippen molar-refractivity contribution >= 4 is 41.4 Å². The van der Waals surface area contributed by atoms with Crippen LogP contribution < -0.4 is 37.6 Å². The number of aliphatic hydroxyl groups excluding tert-OH is 2. The zero-order chi connectivity index (χ0) is 36.0. The van der Waals surface area contributed by atoms with Crippen molar-refractivity contribution in [3.05, 3.63) is 41.2 Å². The lowest BCUT2D eigenvalue weighted by molar-refractivity contribution is -0.134. The first kappa shape index (κ1) is 38.6. The van der Waals surface area contributed by atoms with Crippen LogP contribution >= 0.6 is 0 Å². The van der Waals surface area contributed by atoms with Crippen molar-refractivity contribution < 1.29 is 48.9 Å². The van der Waals surface area contributed by atoms with Gasteiger partial charge in [-0.3, -0.25) is 38.5 Å². The van der Waals surface area contributed by atoms with E-state index in [0.717, 1.165) is 6.92 Å². The van der Waals surface area contributed by atoms with E-state index in [4.69, 9.17) is 5.73 Å². The summed E-state index contributed by atoms with van der Waals surface area (Å²) in [7, 11) is 0. The molecule has 7 amide bonds. The van der Waals surface area contributed by atoms with Gasteiger partial charge in [0.05, 0.1) is 44.4 Å². The lowest BCUT2D eigenvalue weighted by Gasteiger charge is -2.24. The van der Waals surface area contributed by atoms with Crippen LogP contribution in [0, 0.1) is 6.92 Å². The molecule has 0 radical (unpaired) electrons. The summed E-state index contributed by atoms with van der Waals surface area (Å²) in [6, 6.07) is -3.99. The molecule has 2 rings (SSSR count). The number of amides is 7. The van der Waals surface area contributed by atoms with Gasteiger partial charge in [0.2, 0.25) is 41.4 Å². The molecule has 2 aromatic rings. The molecular formula is C28H40N10O10. The van der Waals surface area contributed by atoms with E-state index in [2.05, 4.69) is 46.9 Å². The second-order valence-corrected chi connectivity index (χ2v) is 10.6. The molecular weight excluding hydrogens is 636 g/mol. The van der Waals surface area contributed by atoms with E-state index >= 15 is 0 Å². The van der Waals surface area contributed by atoms with Gasteiger partial charge in [-0.2, -0.15) is 0 Å². The van der Waals surface area contributed by atoms with Gasteiger partial charge < -0.3 is 57.9 Å². The van der Waals surface area contributed by atoms with Crippen molar-refractivity contribution in [1.29, 1.82) is 0 Å². The second-order valence-electron chi connectivity index (χ2n) is 10.6. The zero-order valence-electron chi connectivity index (χ0n) is 26.5. The minimum atomic E-state index is -1.37. The first-order valence-electron chi connectivity index (χ1n) is 14.5. The van der Waals surface area contributed by atoms with Crippen molar-refractivity contribution in [3.8, 4) is 5.75 Å². The first-order chi connectivity index (χ1) is 22.6. The number of hydrogen-bond acceptors (Lipinski definition) is 12. The Kier molecular flexibility index (Phi) is 14.9. The van der Waals surface area contributed by atoms with E-state index in [1.165, 1.54) is 32.6 Å². The molecule has 0 spiro atoms. The Morgan fingerprint density at radius 2 is 1.50 bits per heavy atom. The third-order valence-electron chi connectivity index (χ3n) is 6.71. The highest BCUT2D eigenvalue weighted by atomic mass is 16.3. The number of carbonyl (C=O) groups is 7. The Morgan fingerprint density at radius 1 is 0.875 bits per heavy atom. The van der Waals surface area contributed by atoms with Crippen LogP contribution in [0.2, 0.25) is 0 Å². The number of nitrogens with two attached hydrogens (primary N) is 1. The molecule has 262 valence electrons. The summed E-state index contributed by atoms with van der Waals surface area (Å²) < 4.78 is 0. The van der Waals surface area contributed by atoms with Gasteiger partial charge in [0.25, 0.3) is 0 Å². The largest absolute Gasteiger partial charge is 0.506 e. The van der Waals surface area contributed by atoms with Gasteiger partial charge in [0.15, 0.2) is 0 Å². The SMILES string of the molecule is CC(=O)N[C@H](C(=O)N[C@@H](Cc1cnc[nH]1)C(=O)NCC(=O)NCC(=O)N[C@@H](Cc1cnc(C)c(O)c1CO)C(=O)NCC(N)=O)[C@@H](C)O. The fourth-order valence-corrected chi connectivity index (χ4v) is 4.25. The van der Waals surface area contributed by atoms with Crippen molar-refractivity contribution in [3.63, 3.8) is 0 Å². The number of pyridine rings is 1. The monoisotopic (exact) mass is 676 g/mol. The number of hydrogen-bond donors (Lipinski definition) is 11. The molecule has 20 heteroatoms. The summed E-state index contributed by atoms with van der Waals surface area (Å²) in [6.07, 6.45) is 2.39. The highest BCUT2D eigenvalue weighted by Crippen LogP contribution is 2.24. The molecule has 48 heavy (non-hydrogen) atoms. The van der Waals surface area contributed by atoms with E-state index in [-0.39, 0.29) is 35.4 Å². The van der Waals surface area contributed by atoms with E-state index in [1.54, 1.807) is 0 Å². The van der Waals surface area contributed by atoms with Gasteiger partial charge in [-0.25, -0.2) is 4.98 Å². The highest BCUT2D eigenvalue weighted by Gasteiger charge is 2.30. The van der Waals surface area contributed by atoms with E-state index in [1.807, 2.05) is 0 Å². The average Bonchev–Trinajstić information content (AvgIpc) is 3.54. The molecule has 0 saturated carbocycles. The number of aromatic nitrogens is 3. The number of primary amides is 1. The molecule has 0 aromatic carbocycles. The fourth-order valence-electron chi connectivity index (χ4n) is 4.25. The summed E-state index contributed by atoms with van der Waals surface area (Å²) in [6.45, 7) is 1.49. The third-order valence-corrected chi connectivity index (χ3v) is 6.71. The first-order valence-corrected chi connectivity index (χ1v) is 14.5. The quantitative estimate of drug-likeness (QED) is 0.0706. The topological polar surface area (TPSA) is 320 Å². The Labute approximate surface area is 274 Å². The Morgan fingerprint density at radius 3 is 2.06 bits per heavy atom. The van der Waals surface area contributed by atoms with Crippen LogP contribution in [0.5, 0.6) is 5.75 Å². The number of aryl methyl sites for hydroxylation is 1. The smallest absolute Gasteiger partial charge is 0.245 e. The molecule has 2 heterocycles. The number of rotatable bonds is 18. The van der Waals surface area contributed by atoms with Crippen LogP contribution in [0.3, 0.4) is 0 Å². The summed E-state index contributed by atoms with van der Waals surface area (Å²) in [5.41, 5.74) is 6.05. The molecule has 0 aliphatic rings. The maximum Gasteiger partial charge on any atom is 0.245 e. The van der Waals surface area contributed by atoms with Crippen molar-refractivity contribution in [1.82, 2.24) is 46.9 Å². The number of imidazole rings is 1. The average molecular weight is 677 g/mol. The van der Waals surface area contributed by atoms with Gasteiger partial charge in [-0.05, 0) is 19.4 Å². The normalized spacial score (nSPS) is 13.2. The number of carbonyl (C=O) groups excluding carboxylic acids is 7. The van der Waals surface area contributed by atoms with Gasteiger partial charge in [0.1, 0.15) is 23.9 Å². The van der Waals surface area contributed by atoms with E-state index in [9.17, 15) is 48.9 Å². The number of aromatic amines is 1. The van der Waals surface area contributed by atoms with Crippen LogP contribution in [-0.4, -0.2) is 115 Å². The van der Waals surface area contributed by atoms with Crippen LogP contribution in [0.4, 0.5) is 0 Å². The van der Waals surface area contributed by atoms with Crippen molar-refractivity contribution in [2.45, 2.75) is 64.4 Å². The fraction of sp³-hybridized carbons (Fsp3) is 0.464. The van der Waals surface area contributed by atoms with E-state index < -0.39 is 91.8 Å². The molecule has 4 atom stereocenters. The molecule has 20 nitrogen and oxygen atoms in total. The van der Waals surface area contributed by atoms with Crippen LogP contribution in [-0.2, 0) is 53.0 Å². The molecule has 0 aliphatic heterocycles. The van der Waals surface area contributed by atoms with Crippen LogP contribution in [0.1, 0.15) is 36.4 Å². The molecule has 0 unspecified atom stereocenters. The Hall–Kier alpha value is -5.63. The summed E-state index contributed by atoms with van der Waals surface area (Å²) in [4.78, 5) is 97.0.